The molecule has 4 nitrogen and oxygen atoms in total. The molecule has 0 unspecified atom stereocenters. The lowest BCUT2D eigenvalue weighted by molar-refractivity contribution is 0.598. The van der Waals surface area contributed by atoms with E-state index >= 15 is 0 Å². The summed E-state index contributed by atoms with van der Waals surface area (Å²) in [4.78, 5) is 3.81. The number of sulfone groups is 1. The van der Waals surface area contributed by atoms with Crippen LogP contribution in [0.4, 0.5) is 5.69 Å². The van der Waals surface area contributed by atoms with Gasteiger partial charge in [-0.05, 0) is 25.0 Å². The van der Waals surface area contributed by atoms with Gasteiger partial charge in [-0.2, -0.15) is 0 Å². The van der Waals surface area contributed by atoms with Crippen LogP contribution < -0.4 is 5.32 Å². The number of nitrogens with zero attached hydrogens (tertiary/aromatic N) is 1. The Kier molecular flexibility index (Phi) is 3.57. The van der Waals surface area contributed by atoms with Crippen molar-refractivity contribution < 1.29 is 8.42 Å². The molecule has 0 aromatic carbocycles. The van der Waals surface area contributed by atoms with E-state index < -0.39 is 9.84 Å². The molecule has 1 N–H and O–H groups in total. The average molecular weight is 249 g/mol. The number of hydrogen-bond donors (Lipinski definition) is 1. The van der Waals surface area contributed by atoms with E-state index in [4.69, 9.17) is 0 Å². The topological polar surface area (TPSA) is 59.1 Å². The molecule has 1 aromatic rings. The molecule has 1 heterocycles. The third-order valence-corrected chi connectivity index (χ3v) is 3.05. The fraction of sp³-hybridized carbons (Fsp3) is 0.444. The van der Waals surface area contributed by atoms with Crippen molar-refractivity contribution in [3.8, 4) is 0 Å². The van der Waals surface area contributed by atoms with Crippen molar-refractivity contribution in [2.75, 3.05) is 11.6 Å². The summed E-state index contributed by atoms with van der Waals surface area (Å²) in [5.74, 6) is 0. The van der Waals surface area contributed by atoms with Crippen molar-refractivity contribution >= 4 is 27.9 Å². The maximum atomic E-state index is 11.2. The minimum atomic E-state index is -3.19. The van der Waals surface area contributed by atoms with E-state index in [9.17, 15) is 8.42 Å². The molecule has 84 valence electrons. The van der Waals surface area contributed by atoms with Gasteiger partial charge in [0.2, 0.25) is 0 Å². The van der Waals surface area contributed by atoms with Crippen LogP contribution in [-0.2, 0) is 9.84 Å². The second-order valence-electron chi connectivity index (χ2n) is 3.57. The van der Waals surface area contributed by atoms with Crippen LogP contribution in [0.25, 0.3) is 0 Å². The third-order valence-electron chi connectivity index (χ3n) is 2.06. The first kappa shape index (κ1) is 12.3. The zero-order valence-electron chi connectivity index (χ0n) is 8.30. The van der Waals surface area contributed by atoms with Gasteiger partial charge in [0.05, 0.1) is 0 Å². The van der Waals surface area contributed by atoms with Gasteiger partial charge in [-0.25, -0.2) is 13.4 Å². The molecule has 0 bridgehead atoms. The van der Waals surface area contributed by atoms with Crippen molar-refractivity contribution in [3.63, 3.8) is 0 Å². The predicted molar refractivity (Wildman–Crippen MR) is 61.2 cm³/mol. The lowest BCUT2D eigenvalue weighted by Gasteiger charge is -2.04. The van der Waals surface area contributed by atoms with Crippen LogP contribution in [0.5, 0.6) is 0 Å². The largest absolute Gasteiger partial charge is 0.382 e. The van der Waals surface area contributed by atoms with Gasteiger partial charge >= 0.3 is 0 Å². The lowest BCUT2D eigenvalue weighted by atomic mass is 10.4. The highest BCUT2D eigenvalue weighted by Crippen LogP contribution is 2.25. The molecule has 2 rings (SSSR count). The van der Waals surface area contributed by atoms with Gasteiger partial charge in [0, 0.05) is 24.2 Å². The molecule has 0 spiro atoms. The molecular formula is C9H13ClN2O2S. The second-order valence-corrected chi connectivity index (χ2v) is 5.54. The molecular weight excluding hydrogens is 236 g/mol. The van der Waals surface area contributed by atoms with E-state index in [0.29, 0.717) is 6.04 Å². The highest BCUT2D eigenvalue weighted by molar-refractivity contribution is 7.90. The first-order valence-corrected chi connectivity index (χ1v) is 6.37. The summed E-state index contributed by atoms with van der Waals surface area (Å²) in [7, 11) is -3.19. The van der Waals surface area contributed by atoms with Gasteiger partial charge in [0.25, 0.3) is 0 Å². The fourth-order valence-corrected chi connectivity index (χ4v) is 1.76. The standard InChI is InChI=1S/C9H12N2O2S.ClH/c1-14(12,13)9-6-8(4-5-10-9)11-7-2-3-7;/h4-7H,2-3H2,1H3,(H,10,11);1H. The van der Waals surface area contributed by atoms with E-state index in [1.807, 2.05) is 0 Å². The van der Waals surface area contributed by atoms with Crippen molar-refractivity contribution in [1.82, 2.24) is 4.98 Å². The molecule has 6 heteroatoms. The number of pyridine rings is 1. The molecule has 15 heavy (non-hydrogen) atoms. The molecule has 0 radical (unpaired) electrons. The molecule has 1 aliphatic rings. The summed E-state index contributed by atoms with van der Waals surface area (Å²) < 4.78 is 22.4. The SMILES string of the molecule is CS(=O)(=O)c1cc(NC2CC2)ccn1.Cl. The Morgan fingerprint density at radius 1 is 1.47 bits per heavy atom. The number of hydrogen-bond acceptors (Lipinski definition) is 4. The zero-order chi connectivity index (χ0) is 10.2. The van der Waals surface area contributed by atoms with Crippen LogP contribution >= 0.6 is 12.4 Å². The average Bonchev–Trinajstić information content (AvgIpc) is 2.87. The van der Waals surface area contributed by atoms with Crippen LogP contribution in [0, 0.1) is 0 Å². The first-order valence-electron chi connectivity index (χ1n) is 4.48. The zero-order valence-corrected chi connectivity index (χ0v) is 9.94. The lowest BCUT2D eigenvalue weighted by Crippen LogP contribution is -2.04. The Bertz CT molecular complexity index is 443. The minimum Gasteiger partial charge on any atom is -0.382 e. The van der Waals surface area contributed by atoms with Gasteiger partial charge in [-0.3, -0.25) is 0 Å². The van der Waals surface area contributed by atoms with E-state index in [-0.39, 0.29) is 17.4 Å². The van der Waals surface area contributed by atoms with Crippen LogP contribution in [0.2, 0.25) is 0 Å². The van der Waals surface area contributed by atoms with Crippen molar-refractivity contribution in [2.24, 2.45) is 0 Å². The van der Waals surface area contributed by atoms with E-state index in [1.165, 1.54) is 6.20 Å². The normalized spacial score (nSPS) is 15.5. The summed E-state index contributed by atoms with van der Waals surface area (Å²) in [5, 5.41) is 3.35. The van der Waals surface area contributed by atoms with E-state index in [1.54, 1.807) is 12.1 Å². The maximum absolute atomic E-state index is 11.2. The smallest absolute Gasteiger partial charge is 0.192 e. The van der Waals surface area contributed by atoms with Crippen molar-refractivity contribution in [2.45, 2.75) is 23.9 Å². The van der Waals surface area contributed by atoms with Crippen LogP contribution in [0.15, 0.2) is 23.4 Å². The second kappa shape index (κ2) is 4.37. The van der Waals surface area contributed by atoms with E-state index in [0.717, 1.165) is 24.8 Å². The summed E-state index contributed by atoms with van der Waals surface area (Å²) in [6.45, 7) is 0. The van der Waals surface area contributed by atoms with Crippen molar-refractivity contribution in [1.29, 1.82) is 0 Å². The van der Waals surface area contributed by atoms with Crippen LogP contribution in [-0.4, -0.2) is 25.7 Å². The van der Waals surface area contributed by atoms with Gasteiger partial charge in [0.15, 0.2) is 14.9 Å². The van der Waals surface area contributed by atoms with Gasteiger partial charge in [-0.15, -0.1) is 12.4 Å². The number of anilines is 1. The number of aromatic nitrogens is 1. The molecule has 1 saturated carbocycles. The molecule has 0 atom stereocenters. The monoisotopic (exact) mass is 248 g/mol. The summed E-state index contributed by atoms with van der Waals surface area (Å²) in [6, 6.07) is 3.88. The fourth-order valence-electron chi connectivity index (χ4n) is 1.17. The van der Waals surface area contributed by atoms with Crippen LogP contribution in [0.1, 0.15) is 12.8 Å². The van der Waals surface area contributed by atoms with Gasteiger partial charge in [0.1, 0.15) is 0 Å². The Balaban J connectivity index is 0.00000112. The van der Waals surface area contributed by atoms with Crippen molar-refractivity contribution in [3.05, 3.63) is 18.3 Å². The molecule has 0 aliphatic heterocycles. The quantitative estimate of drug-likeness (QED) is 0.880. The minimum absolute atomic E-state index is 0. The van der Waals surface area contributed by atoms with Crippen LogP contribution in [0.3, 0.4) is 0 Å². The van der Waals surface area contributed by atoms with Gasteiger partial charge in [-0.1, -0.05) is 0 Å². The Labute approximate surface area is 95.4 Å². The first-order chi connectivity index (χ1) is 6.55. The third kappa shape index (κ3) is 3.35. The highest BCUT2D eigenvalue weighted by Gasteiger charge is 2.21. The Morgan fingerprint density at radius 2 is 2.13 bits per heavy atom. The highest BCUT2D eigenvalue weighted by atomic mass is 35.5. The maximum Gasteiger partial charge on any atom is 0.192 e. The summed E-state index contributed by atoms with van der Waals surface area (Å²) in [6.07, 6.45) is 5.00. The number of nitrogens with one attached hydrogen (secondary N) is 1. The van der Waals surface area contributed by atoms with E-state index in [2.05, 4.69) is 10.3 Å². The Hall–Kier alpha value is -0.810. The molecule has 1 fully saturated rings. The molecule has 1 aromatic heterocycles. The molecule has 0 saturated heterocycles. The molecule has 0 amide bonds. The van der Waals surface area contributed by atoms with Gasteiger partial charge < -0.3 is 5.32 Å². The summed E-state index contributed by atoms with van der Waals surface area (Å²) in [5.41, 5.74) is 0.836. The Morgan fingerprint density at radius 3 is 2.67 bits per heavy atom. The molecule has 1 aliphatic carbocycles. The number of halogens is 1. The summed E-state index contributed by atoms with van der Waals surface area (Å²) >= 11 is 0. The number of rotatable bonds is 3. The predicted octanol–water partition coefficient (Wildman–Crippen LogP) is 1.48.